The van der Waals surface area contributed by atoms with Crippen LogP contribution in [-0.4, -0.2) is 5.91 Å². The lowest BCUT2D eigenvalue weighted by molar-refractivity contribution is -0.122. The number of benzene rings is 2. The van der Waals surface area contributed by atoms with Crippen LogP contribution in [0, 0.1) is 0 Å². The van der Waals surface area contributed by atoms with Gasteiger partial charge in [-0.2, -0.15) is 0 Å². The molecular weight excluding hydrogens is 284 g/mol. The standard InChI is InChI=1S/C17H19ClN2O/c1-2-7-16(13-8-4-3-5-9-13)17(21)20-19-15-11-6-10-14(18)12-15/h3-6,8-12,16,19H,2,7H2,1H3,(H,20,21). The summed E-state index contributed by atoms with van der Waals surface area (Å²) in [4.78, 5) is 12.4. The Bertz CT molecular complexity index is 586. The molecule has 2 aromatic carbocycles. The predicted molar refractivity (Wildman–Crippen MR) is 87.3 cm³/mol. The van der Waals surface area contributed by atoms with Crippen LogP contribution in [0.2, 0.25) is 5.02 Å². The number of hydrogen-bond donors (Lipinski definition) is 2. The highest BCUT2D eigenvalue weighted by Crippen LogP contribution is 2.21. The molecule has 0 aliphatic heterocycles. The molecule has 0 aliphatic carbocycles. The van der Waals surface area contributed by atoms with E-state index in [4.69, 9.17) is 11.6 Å². The average Bonchev–Trinajstić information content (AvgIpc) is 2.51. The van der Waals surface area contributed by atoms with Gasteiger partial charge in [-0.15, -0.1) is 0 Å². The van der Waals surface area contributed by atoms with Crippen molar-refractivity contribution in [3.05, 3.63) is 65.2 Å². The van der Waals surface area contributed by atoms with Gasteiger partial charge in [-0.25, -0.2) is 0 Å². The first-order valence-electron chi connectivity index (χ1n) is 7.07. The molecule has 2 N–H and O–H groups in total. The van der Waals surface area contributed by atoms with Crippen molar-refractivity contribution in [2.75, 3.05) is 5.43 Å². The summed E-state index contributed by atoms with van der Waals surface area (Å²) >= 11 is 5.92. The van der Waals surface area contributed by atoms with Gasteiger partial charge in [-0.3, -0.25) is 15.6 Å². The van der Waals surface area contributed by atoms with Crippen LogP contribution in [0.5, 0.6) is 0 Å². The summed E-state index contributed by atoms with van der Waals surface area (Å²) in [6.45, 7) is 2.08. The van der Waals surface area contributed by atoms with Gasteiger partial charge in [0.2, 0.25) is 5.91 Å². The van der Waals surface area contributed by atoms with E-state index >= 15 is 0 Å². The second kappa shape index (κ2) is 7.70. The number of halogens is 1. The van der Waals surface area contributed by atoms with Crippen molar-refractivity contribution in [3.8, 4) is 0 Å². The zero-order valence-corrected chi connectivity index (χ0v) is 12.7. The summed E-state index contributed by atoms with van der Waals surface area (Å²) in [5.41, 5.74) is 7.47. The highest BCUT2D eigenvalue weighted by Gasteiger charge is 2.19. The zero-order chi connectivity index (χ0) is 15.1. The van der Waals surface area contributed by atoms with E-state index in [0.29, 0.717) is 5.02 Å². The number of amides is 1. The maximum absolute atomic E-state index is 12.4. The van der Waals surface area contributed by atoms with Crippen molar-refractivity contribution in [2.24, 2.45) is 0 Å². The lowest BCUT2D eigenvalue weighted by atomic mass is 9.94. The fourth-order valence-electron chi connectivity index (χ4n) is 2.21. The quantitative estimate of drug-likeness (QED) is 0.778. The summed E-state index contributed by atoms with van der Waals surface area (Å²) in [6, 6.07) is 17.1. The minimum absolute atomic E-state index is 0.0389. The average molecular weight is 303 g/mol. The molecule has 3 nitrogen and oxygen atoms in total. The molecule has 0 heterocycles. The Morgan fingerprint density at radius 3 is 2.57 bits per heavy atom. The van der Waals surface area contributed by atoms with Gasteiger partial charge in [0.05, 0.1) is 11.6 Å². The lowest BCUT2D eigenvalue weighted by Crippen LogP contribution is -2.34. The number of nitrogens with one attached hydrogen (secondary N) is 2. The molecule has 1 unspecified atom stereocenters. The van der Waals surface area contributed by atoms with Crippen LogP contribution in [0.3, 0.4) is 0 Å². The van der Waals surface area contributed by atoms with Crippen LogP contribution >= 0.6 is 11.6 Å². The molecule has 21 heavy (non-hydrogen) atoms. The van der Waals surface area contributed by atoms with Crippen LogP contribution in [0.1, 0.15) is 31.2 Å². The van der Waals surface area contributed by atoms with Crippen molar-refractivity contribution in [1.82, 2.24) is 5.43 Å². The first-order chi connectivity index (χ1) is 10.2. The van der Waals surface area contributed by atoms with E-state index in [1.165, 1.54) is 0 Å². The van der Waals surface area contributed by atoms with E-state index in [1.54, 1.807) is 12.1 Å². The molecule has 110 valence electrons. The van der Waals surface area contributed by atoms with Crippen LogP contribution in [0.4, 0.5) is 5.69 Å². The third-order valence-corrected chi connectivity index (χ3v) is 3.49. The molecule has 0 spiro atoms. The Morgan fingerprint density at radius 1 is 1.14 bits per heavy atom. The number of hydrogen-bond acceptors (Lipinski definition) is 2. The zero-order valence-electron chi connectivity index (χ0n) is 12.0. The number of carbonyl (C=O) groups excluding carboxylic acids is 1. The number of rotatable bonds is 6. The maximum Gasteiger partial charge on any atom is 0.245 e. The molecule has 0 bridgehead atoms. The first kappa shape index (κ1) is 15.4. The Balaban J connectivity index is 2.02. The minimum Gasteiger partial charge on any atom is -0.299 e. The monoisotopic (exact) mass is 302 g/mol. The summed E-state index contributed by atoms with van der Waals surface area (Å²) in [6.07, 6.45) is 1.76. The van der Waals surface area contributed by atoms with Crippen LogP contribution in [0.25, 0.3) is 0 Å². The number of anilines is 1. The van der Waals surface area contributed by atoms with Crippen molar-refractivity contribution in [1.29, 1.82) is 0 Å². The fraction of sp³-hybridized carbons (Fsp3) is 0.235. The molecule has 0 radical (unpaired) electrons. The Labute approximate surface area is 130 Å². The minimum atomic E-state index is -0.150. The van der Waals surface area contributed by atoms with E-state index in [-0.39, 0.29) is 11.8 Å². The largest absolute Gasteiger partial charge is 0.299 e. The summed E-state index contributed by atoms with van der Waals surface area (Å²) in [5, 5.41) is 0.627. The van der Waals surface area contributed by atoms with E-state index in [2.05, 4.69) is 17.8 Å². The molecule has 0 aliphatic rings. The van der Waals surface area contributed by atoms with Gasteiger partial charge in [0.1, 0.15) is 0 Å². The van der Waals surface area contributed by atoms with Crippen molar-refractivity contribution >= 4 is 23.2 Å². The molecule has 0 saturated carbocycles. The molecule has 0 saturated heterocycles. The number of carbonyl (C=O) groups is 1. The van der Waals surface area contributed by atoms with Gasteiger partial charge in [0.25, 0.3) is 0 Å². The second-order valence-electron chi connectivity index (χ2n) is 4.88. The summed E-state index contributed by atoms with van der Waals surface area (Å²) in [7, 11) is 0. The van der Waals surface area contributed by atoms with Gasteiger partial charge in [0.15, 0.2) is 0 Å². The van der Waals surface area contributed by atoms with E-state index in [1.807, 2.05) is 42.5 Å². The third kappa shape index (κ3) is 4.50. The van der Waals surface area contributed by atoms with Crippen molar-refractivity contribution < 1.29 is 4.79 Å². The van der Waals surface area contributed by atoms with E-state index in [0.717, 1.165) is 24.1 Å². The lowest BCUT2D eigenvalue weighted by Gasteiger charge is -2.17. The molecular formula is C17H19ClN2O. The smallest absolute Gasteiger partial charge is 0.245 e. The molecule has 2 aromatic rings. The topological polar surface area (TPSA) is 41.1 Å². The van der Waals surface area contributed by atoms with Gasteiger partial charge in [-0.05, 0) is 30.2 Å². The van der Waals surface area contributed by atoms with Gasteiger partial charge in [0, 0.05) is 5.02 Å². The Kier molecular flexibility index (Phi) is 5.64. The van der Waals surface area contributed by atoms with E-state index < -0.39 is 0 Å². The van der Waals surface area contributed by atoms with Crippen molar-refractivity contribution in [3.63, 3.8) is 0 Å². The Hall–Kier alpha value is -2.00. The van der Waals surface area contributed by atoms with E-state index in [9.17, 15) is 4.79 Å². The fourth-order valence-corrected chi connectivity index (χ4v) is 2.40. The molecule has 0 fully saturated rings. The normalized spacial score (nSPS) is 11.7. The highest BCUT2D eigenvalue weighted by atomic mass is 35.5. The summed E-state index contributed by atoms with van der Waals surface area (Å²) in [5.74, 6) is -0.189. The first-order valence-corrected chi connectivity index (χ1v) is 7.45. The predicted octanol–water partition coefficient (Wildman–Crippen LogP) is 4.37. The van der Waals surface area contributed by atoms with Gasteiger partial charge in [-0.1, -0.05) is 61.3 Å². The van der Waals surface area contributed by atoms with Crippen LogP contribution in [-0.2, 0) is 4.79 Å². The molecule has 0 aromatic heterocycles. The van der Waals surface area contributed by atoms with Crippen LogP contribution in [0.15, 0.2) is 54.6 Å². The third-order valence-electron chi connectivity index (χ3n) is 3.25. The van der Waals surface area contributed by atoms with Gasteiger partial charge >= 0.3 is 0 Å². The molecule has 1 amide bonds. The van der Waals surface area contributed by atoms with Gasteiger partial charge < -0.3 is 0 Å². The second-order valence-corrected chi connectivity index (χ2v) is 5.31. The SMILES string of the molecule is CCCC(C(=O)NNc1cccc(Cl)c1)c1ccccc1. The highest BCUT2D eigenvalue weighted by molar-refractivity contribution is 6.30. The van der Waals surface area contributed by atoms with Crippen LogP contribution < -0.4 is 10.9 Å². The summed E-state index contributed by atoms with van der Waals surface area (Å²) < 4.78 is 0. The number of hydrazine groups is 1. The molecule has 1 atom stereocenters. The maximum atomic E-state index is 12.4. The molecule has 2 rings (SSSR count). The molecule has 4 heteroatoms. The van der Waals surface area contributed by atoms with Crippen molar-refractivity contribution in [2.45, 2.75) is 25.7 Å². The Morgan fingerprint density at radius 2 is 1.90 bits per heavy atom.